The van der Waals surface area contributed by atoms with Crippen LogP contribution in [0.3, 0.4) is 0 Å². The van der Waals surface area contributed by atoms with E-state index in [1.165, 1.54) is 167 Å². The molecule has 0 saturated heterocycles. The molecule has 3 atom stereocenters. The van der Waals surface area contributed by atoms with Gasteiger partial charge in [-0.25, -0.2) is 0 Å². The van der Waals surface area contributed by atoms with E-state index in [4.69, 9.17) is 18.9 Å². The SMILES string of the molecule is CCCCCC/C=C\COC(=O)C(C)CCCCCCN(CCCCCCC(C(=O)OC/C=C\CCCCCC)[SH](CCCCCCCCCC)SCCOC(=O)CCN(CCCN(CC)CC)CCC(=O)OCCSSCCCCCCCCCC)CCCN(CC)CC. The predicted octanol–water partition coefficient (Wildman–Crippen LogP) is 21.3. The van der Waals surface area contributed by atoms with E-state index < -0.39 is 9.93 Å². The van der Waals surface area contributed by atoms with Crippen molar-refractivity contribution in [3.63, 3.8) is 0 Å². The first kappa shape index (κ1) is 93.6. The minimum atomic E-state index is -0.763. The maximum Gasteiger partial charge on any atom is 0.318 e. The highest BCUT2D eigenvalue weighted by atomic mass is 33.1. The van der Waals surface area contributed by atoms with Crippen molar-refractivity contribution < 1.29 is 38.1 Å². The molecule has 0 aliphatic heterocycles. The summed E-state index contributed by atoms with van der Waals surface area (Å²) in [6.07, 6.45) is 54.4. The Kier molecular flexibility index (Phi) is 72.7. The Morgan fingerprint density at radius 2 is 0.737 bits per heavy atom. The van der Waals surface area contributed by atoms with Gasteiger partial charge in [0.2, 0.25) is 0 Å². The zero-order valence-corrected chi connectivity index (χ0v) is 67.0. The van der Waals surface area contributed by atoms with Gasteiger partial charge in [0.25, 0.3) is 0 Å². The number of ether oxygens (including phenoxy) is 4. The second kappa shape index (κ2) is 73.8. The zero-order chi connectivity index (χ0) is 69.6. The van der Waals surface area contributed by atoms with Crippen LogP contribution in [-0.2, 0) is 38.1 Å². The van der Waals surface area contributed by atoms with Gasteiger partial charge in [-0.1, -0.05) is 275 Å². The van der Waals surface area contributed by atoms with Crippen molar-refractivity contribution in [2.45, 2.75) is 324 Å². The number of hydrogen-bond acceptors (Lipinski definition) is 15. The Balaban J connectivity index is 5.79. The summed E-state index contributed by atoms with van der Waals surface area (Å²) in [5, 5.41) is -0.149. The third-order valence-electron chi connectivity index (χ3n) is 18.4. The second-order valence-corrected chi connectivity index (χ2v) is 34.1. The van der Waals surface area contributed by atoms with Crippen LogP contribution in [0.15, 0.2) is 24.3 Å². The van der Waals surface area contributed by atoms with Gasteiger partial charge < -0.3 is 38.5 Å². The van der Waals surface area contributed by atoms with E-state index in [1.54, 1.807) is 10.8 Å². The summed E-state index contributed by atoms with van der Waals surface area (Å²) in [7, 11) is 4.81. The van der Waals surface area contributed by atoms with Crippen molar-refractivity contribution in [2.24, 2.45) is 5.92 Å². The van der Waals surface area contributed by atoms with Crippen molar-refractivity contribution in [2.75, 3.05) is 128 Å². The van der Waals surface area contributed by atoms with Gasteiger partial charge in [0.1, 0.15) is 26.4 Å². The molecule has 3 unspecified atom stereocenters. The molecular weight excluding hydrogens is 1260 g/mol. The van der Waals surface area contributed by atoms with Gasteiger partial charge in [-0.05, 0) is 148 Å². The first-order chi connectivity index (χ1) is 46.5. The molecule has 95 heavy (non-hydrogen) atoms. The Hall–Kier alpha value is -1.40. The molecule has 0 aromatic heterocycles. The highest BCUT2D eigenvalue weighted by molar-refractivity contribution is 8.85. The molecule has 16 heteroatoms. The number of carbonyl (C=O) groups excluding carboxylic acids is 4. The quantitative estimate of drug-likeness (QED) is 0.0155. The van der Waals surface area contributed by atoms with Gasteiger partial charge in [0.15, 0.2) is 0 Å². The summed E-state index contributed by atoms with van der Waals surface area (Å²) < 4.78 is 23.4. The normalized spacial score (nSPS) is 13.1. The van der Waals surface area contributed by atoms with E-state index in [9.17, 15) is 19.2 Å². The van der Waals surface area contributed by atoms with Gasteiger partial charge >= 0.3 is 23.9 Å². The number of carbonyl (C=O) groups is 4. The lowest BCUT2D eigenvalue weighted by molar-refractivity contribution is -0.147. The van der Waals surface area contributed by atoms with Crippen LogP contribution in [-0.4, -0.2) is 177 Å². The Morgan fingerprint density at radius 3 is 1.23 bits per heavy atom. The summed E-state index contributed by atoms with van der Waals surface area (Å²) >= 11 is 0. The number of thiol groups is 1. The molecule has 0 spiro atoms. The summed E-state index contributed by atoms with van der Waals surface area (Å²) in [6.45, 7) is 33.0. The van der Waals surface area contributed by atoms with Crippen LogP contribution < -0.4 is 0 Å². The highest BCUT2D eigenvalue weighted by Crippen LogP contribution is 2.48. The maximum atomic E-state index is 14.4. The van der Waals surface area contributed by atoms with Gasteiger partial charge in [-0.15, -0.1) is 10.8 Å². The fraction of sp³-hybridized carbons (Fsp3) is 0.899. The number of allylic oxidation sites excluding steroid dienone is 2. The number of unbranched alkanes of at least 4 members (excludes halogenated alkanes) is 28. The average Bonchev–Trinajstić information content (AvgIpc) is 1.10. The first-order valence-electron chi connectivity index (χ1n) is 40.0. The van der Waals surface area contributed by atoms with Crippen LogP contribution in [0.5, 0.6) is 0 Å². The van der Waals surface area contributed by atoms with Crippen LogP contribution in [0.4, 0.5) is 0 Å². The van der Waals surface area contributed by atoms with E-state index in [0.717, 1.165) is 160 Å². The van der Waals surface area contributed by atoms with Crippen LogP contribution in [0.25, 0.3) is 0 Å². The third-order valence-corrected chi connectivity index (χ3v) is 26.3. The van der Waals surface area contributed by atoms with Crippen molar-refractivity contribution in [1.29, 1.82) is 0 Å². The predicted molar refractivity (Wildman–Crippen MR) is 422 cm³/mol. The fourth-order valence-electron chi connectivity index (χ4n) is 12.0. The van der Waals surface area contributed by atoms with Crippen molar-refractivity contribution in [3.05, 3.63) is 24.3 Å². The number of nitrogens with zero attached hydrogens (tertiary/aromatic N) is 4. The van der Waals surface area contributed by atoms with Gasteiger partial charge in [0, 0.05) is 30.3 Å². The Bertz CT molecular complexity index is 1750. The number of esters is 4. The third kappa shape index (κ3) is 62.1. The van der Waals surface area contributed by atoms with Crippen LogP contribution in [0.1, 0.15) is 319 Å². The van der Waals surface area contributed by atoms with E-state index in [-0.39, 0.29) is 41.5 Å². The van der Waals surface area contributed by atoms with Crippen molar-refractivity contribution in [3.8, 4) is 0 Å². The van der Waals surface area contributed by atoms with Crippen molar-refractivity contribution >= 4 is 66.2 Å². The zero-order valence-electron chi connectivity index (χ0n) is 63.6. The van der Waals surface area contributed by atoms with E-state index in [1.807, 2.05) is 34.6 Å². The molecule has 12 nitrogen and oxygen atoms in total. The molecule has 0 aromatic carbocycles. The Labute approximate surface area is 602 Å². The average molecular weight is 1420 g/mol. The first-order valence-corrected chi connectivity index (χ1v) is 45.7. The minimum absolute atomic E-state index is 0.0481. The van der Waals surface area contributed by atoms with E-state index in [0.29, 0.717) is 51.7 Å². The summed E-state index contributed by atoms with van der Waals surface area (Å²) in [4.78, 5) is 63.4. The van der Waals surface area contributed by atoms with E-state index >= 15 is 0 Å². The highest BCUT2D eigenvalue weighted by Gasteiger charge is 2.27. The monoisotopic (exact) mass is 1420 g/mol. The summed E-state index contributed by atoms with van der Waals surface area (Å²) in [5.41, 5.74) is 0. The second-order valence-electron chi connectivity index (χ2n) is 26.7. The summed E-state index contributed by atoms with van der Waals surface area (Å²) in [5.74, 6) is 3.08. The van der Waals surface area contributed by atoms with Gasteiger partial charge in [-0.3, -0.25) is 19.2 Å². The summed E-state index contributed by atoms with van der Waals surface area (Å²) in [6, 6.07) is 0. The van der Waals surface area contributed by atoms with Crippen molar-refractivity contribution in [1.82, 2.24) is 19.6 Å². The van der Waals surface area contributed by atoms with Crippen LogP contribution in [0.2, 0.25) is 0 Å². The molecule has 0 aliphatic carbocycles. The topological polar surface area (TPSA) is 118 Å². The fourth-order valence-corrected chi connectivity index (χ4v) is 19.1. The minimum Gasteiger partial charge on any atom is -0.465 e. The molecule has 0 heterocycles. The molecule has 0 saturated carbocycles. The molecule has 0 rings (SSSR count). The smallest absolute Gasteiger partial charge is 0.318 e. The standard InChI is InChI=1S/C79H154N4O8S4/c1-10-18-22-26-30-34-42-50-70-92-93-71-68-88-76(84)56-64-83(63-53-61-81(16-7)17-8)65-57-77(85)89-69-72-94-95(73-51-43-35-31-27-23-19-11-2)75(79(87)91-67-49-41-33-29-25-21-13-4)55-45-37-39-47-59-82(62-52-60-80(14-5)15-6)58-46-38-36-44-54-74(9)78(86)90-66-48-40-32-28-24-20-12-3/h40-41,48-49,74-75,95H,10-39,42-47,50-73H2,1-9H3/b48-40-,49-41-. The molecule has 0 radical (unpaired) electrons. The van der Waals surface area contributed by atoms with Crippen LogP contribution in [0, 0.1) is 5.92 Å². The lowest BCUT2D eigenvalue weighted by atomic mass is 10.0. The van der Waals surface area contributed by atoms with E-state index in [2.05, 4.69) is 93.2 Å². The molecule has 0 amide bonds. The molecular formula is C79H154N4O8S4. The van der Waals surface area contributed by atoms with Crippen LogP contribution >= 0.6 is 42.3 Å². The molecule has 0 fully saturated rings. The molecule has 562 valence electrons. The molecule has 0 bridgehead atoms. The molecule has 0 aromatic rings. The van der Waals surface area contributed by atoms with Gasteiger partial charge in [0.05, 0.1) is 24.0 Å². The lowest BCUT2D eigenvalue weighted by Crippen LogP contribution is -2.33. The Morgan fingerprint density at radius 1 is 0.358 bits per heavy atom. The number of rotatable bonds is 75. The van der Waals surface area contributed by atoms with Gasteiger partial charge in [-0.2, -0.15) is 9.93 Å². The number of hydrogen-bond donors (Lipinski definition) is 1. The largest absolute Gasteiger partial charge is 0.465 e. The molecule has 0 N–H and O–H groups in total. The molecule has 0 aliphatic rings. The lowest BCUT2D eigenvalue weighted by Gasteiger charge is -2.29. The maximum absolute atomic E-state index is 14.4.